The Morgan fingerprint density at radius 2 is 1.70 bits per heavy atom. The van der Waals surface area contributed by atoms with E-state index in [4.69, 9.17) is 45.3 Å². The van der Waals surface area contributed by atoms with Crippen molar-refractivity contribution in [1.82, 2.24) is 10.6 Å². The van der Waals surface area contributed by atoms with Gasteiger partial charge < -0.3 is 26.2 Å². The highest BCUT2D eigenvalue weighted by Gasteiger charge is 2.30. The number of rotatable bonds is 9. The number of alkyl halides is 3. The average molecular weight is 449 g/mol. The summed E-state index contributed by atoms with van der Waals surface area (Å²) < 4.78 is 3.06. The van der Waals surface area contributed by atoms with Gasteiger partial charge in [-0.3, -0.25) is 14.4 Å². The molecule has 2 amide bonds. The summed E-state index contributed by atoms with van der Waals surface area (Å²) in [6.07, 6.45) is -0.576. The van der Waals surface area contributed by atoms with Crippen molar-refractivity contribution in [2.75, 3.05) is 13.2 Å². The van der Waals surface area contributed by atoms with Crippen LogP contribution in [0.2, 0.25) is 0 Å². The van der Waals surface area contributed by atoms with Crippen LogP contribution in [0.4, 0.5) is 0 Å². The van der Waals surface area contributed by atoms with E-state index in [1.54, 1.807) is 20.8 Å². The lowest BCUT2D eigenvalue weighted by Gasteiger charge is -2.26. The molecule has 0 spiro atoms. The number of hydrogen-bond donors (Lipinski definition) is 4. The molecule has 27 heavy (non-hydrogen) atoms. The van der Waals surface area contributed by atoms with Crippen LogP contribution in [0.1, 0.15) is 40.5 Å². The van der Waals surface area contributed by atoms with Crippen molar-refractivity contribution < 1.29 is 24.2 Å². The first-order chi connectivity index (χ1) is 12.1. The van der Waals surface area contributed by atoms with Gasteiger partial charge in [-0.05, 0) is 25.2 Å². The topological polar surface area (TPSA) is 131 Å². The Morgan fingerprint density at radius 1 is 1.15 bits per heavy atom. The van der Waals surface area contributed by atoms with Crippen LogP contribution in [0, 0.1) is 5.41 Å². The molecule has 3 atom stereocenters. The number of aliphatic hydroxyl groups excluding tert-OH is 1. The van der Waals surface area contributed by atoms with Gasteiger partial charge in [0, 0.05) is 6.54 Å². The Bertz CT molecular complexity index is 520. The number of ether oxygens (including phenoxy) is 1. The van der Waals surface area contributed by atoms with Gasteiger partial charge in [0.05, 0.1) is 0 Å². The molecular weight excluding hydrogens is 421 g/mol. The fourth-order valence-corrected chi connectivity index (χ4v) is 1.98. The fourth-order valence-electron chi connectivity index (χ4n) is 1.82. The van der Waals surface area contributed by atoms with Crippen molar-refractivity contribution in [3.05, 3.63) is 0 Å². The number of esters is 1. The minimum atomic E-state index is -1.70. The molecule has 8 nitrogen and oxygen atoms in total. The number of hydrogen-bond acceptors (Lipinski definition) is 6. The van der Waals surface area contributed by atoms with Gasteiger partial charge >= 0.3 is 5.97 Å². The van der Waals surface area contributed by atoms with E-state index in [0.29, 0.717) is 6.42 Å². The SMILES string of the molecule is C[C@H](NC(=O)[C@@H](O)C(C)(C)C)C(=O)NCCC[C@H](N)C(=O)OCC(Cl)(Cl)Cl. The summed E-state index contributed by atoms with van der Waals surface area (Å²) >= 11 is 16.4. The molecule has 0 saturated heterocycles. The summed E-state index contributed by atoms with van der Waals surface area (Å²) in [5, 5.41) is 14.9. The lowest BCUT2D eigenvalue weighted by Crippen LogP contribution is -2.51. The van der Waals surface area contributed by atoms with Gasteiger partial charge in [-0.1, -0.05) is 55.6 Å². The van der Waals surface area contributed by atoms with Crippen molar-refractivity contribution in [1.29, 1.82) is 0 Å². The number of carbonyl (C=O) groups is 3. The Hall–Kier alpha value is -0.800. The first kappa shape index (κ1) is 26.2. The second-order valence-electron chi connectivity index (χ2n) is 7.26. The molecule has 0 bridgehead atoms. The maximum Gasteiger partial charge on any atom is 0.323 e. The predicted octanol–water partition coefficient (Wildman–Crippen LogP) is 1.04. The third-order valence-corrected chi connectivity index (χ3v) is 3.82. The minimum Gasteiger partial charge on any atom is -0.460 e. The van der Waals surface area contributed by atoms with E-state index in [0.717, 1.165) is 0 Å². The summed E-state index contributed by atoms with van der Waals surface area (Å²) in [6.45, 7) is 6.48. The Balaban J connectivity index is 4.15. The molecule has 0 aromatic carbocycles. The van der Waals surface area contributed by atoms with Gasteiger partial charge in [0.2, 0.25) is 15.6 Å². The predicted molar refractivity (Wildman–Crippen MR) is 105 cm³/mol. The van der Waals surface area contributed by atoms with Gasteiger partial charge in [-0.15, -0.1) is 0 Å². The lowest BCUT2D eigenvalue weighted by atomic mass is 9.88. The van der Waals surface area contributed by atoms with E-state index in [-0.39, 0.29) is 13.0 Å². The van der Waals surface area contributed by atoms with Crippen LogP contribution in [0.5, 0.6) is 0 Å². The van der Waals surface area contributed by atoms with Crippen molar-refractivity contribution in [3.8, 4) is 0 Å². The van der Waals surface area contributed by atoms with Crippen LogP contribution in [0.3, 0.4) is 0 Å². The quantitative estimate of drug-likeness (QED) is 0.237. The molecule has 0 saturated carbocycles. The van der Waals surface area contributed by atoms with Crippen LogP contribution in [-0.4, -0.2) is 58.0 Å². The van der Waals surface area contributed by atoms with E-state index < -0.39 is 51.8 Å². The summed E-state index contributed by atoms with van der Waals surface area (Å²) in [5.41, 5.74) is 5.02. The number of aliphatic hydroxyl groups is 1. The highest BCUT2D eigenvalue weighted by Crippen LogP contribution is 2.26. The smallest absolute Gasteiger partial charge is 0.323 e. The highest BCUT2D eigenvalue weighted by atomic mass is 35.6. The number of carbonyl (C=O) groups excluding carboxylic acids is 3. The zero-order valence-corrected chi connectivity index (χ0v) is 18.1. The molecule has 0 heterocycles. The monoisotopic (exact) mass is 447 g/mol. The molecule has 0 aliphatic rings. The van der Waals surface area contributed by atoms with Gasteiger partial charge in [0.1, 0.15) is 24.8 Å². The van der Waals surface area contributed by atoms with E-state index >= 15 is 0 Å². The first-order valence-corrected chi connectivity index (χ1v) is 9.53. The van der Waals surface area contributed by atoms with Crippen molar-refractivity contribution in [2.45, 2.75) is 62.5 Å². The third-order valence-electron chi connectivity index (χ3n) is 3.49. The van der Waals surface area contributed by atoms with Gasteiger partial charge in [0.25, 0.3) is 0 Å². The number of halogens is 3. The zero-order chi connectivity index (χ0) is 21.4. The third kappa shape index (κ3) is 11.6. The van der Waals surface area contributed by atoms with Crippen molar-refractivity contribution in [3.63, 3.8) is 0 Å². The van der Waals surface area contributed by atoms with E-state index in [1.165, 1.54) is 6.92 Å². The van der Waals surface area contributed by atoms with Gasteiger partial charge in [-0.2, -0.15) is 0 Å². The number of nitrogens with two attached hydrogens (primary N) is 1. The van der Waals surface area contributed by atoms with Gasteiger partial charge in [-0.25, -0.2) is 0 Å². The van der Waals surface area contributed by atoms with Crippen LogP contribution >= 0.6 is 34.8 Å². The fraction of sp³-hybridized carbons (Fsp3) is 0.812. The molecule has 0 aliphatic heterocycles. The Kier molecular flexibility index (Phi) is 10.9. The molecule has 11 heteroatoms. The lowest BCUT2D eigenvalue weighted by molar-refractivity contribution is -0.145. The summed E-state index contributed by atoms with van der Waals surface area (Å²) in [4.78, 5) is 35.5. The second kappa shape index (κ2) is 11.3. The molecule has 0 radical (unpaired) electrons. The second-order valence-corrected chi connectivity index (χ2v) is 9.78. The summed E-state index contributed by atoms with van der Waals surface area (Å²) in [5.74, 6) is -1.75. The molecule has 0 aromatic heterocycles. The number of nitrogens with one attached hydrogen (secondary N) is 2. The minimum absolute atomic E-state index is 0.242. The molecular formula is C16H28Cl3N3O5. The molecule has 0 aromatic rings. The van der Waals surface area contributed by atoms with Crippen LogP contribution in [0.25, 0.3) is 0 Å². The maximum absolute atomic E-state index is 12.0. The maximum atomic E-state index is 12.0. The van der Waals surface area contributed by atoms with Crippen molar-refractivity contribution in [2.24, 2.45) is 11.1 Å². The molecule has 0 aliphatic carbocycles. The Morgan fingerprint density at radius 3 is 2.19 bits per heavy atom. The highest BCUT2D eigenvalue weighted by molar-refractivity contribution is 6.67. The molecule has 0 rings (SSSR count). The normalized spacial score (nSPS) is 15.4. The van der Waals surface area contributed by atoms with Crippen LogP contribution in [-0.2, 0) is 19.1 Å². The van der Waals surface area contributed by atoms with E-state index in [9.17, 15) is 19.5 Å². The number of amides is 2. The van der Waals surface area contributed by atoms with E-state index in [2.05, 4.69) is 10.6 Å². The van der Waals surface area contributed by atoms with Crippen LogP contribution in [0.15, 0.2) is 0 Å². The zero-order valence-electron chi connectivity index (χ0n) is 15.9. The van der Waals surface area contributed by atoms with Crippen molar-refractivity contribution >= 4 is 52.6 Å². The molecule has 0 unspecified atom stereocenters. The van der Waals surface area contributed by atoms with Gasteiger partial charge in [0.15, 0.2) is 0 Å². The molecule has 0 fully saturated rings. The summed E-state index contributed by atoms with van der Waals surface area (Å²) in [7, 11) is 0. The largest absolute Gasteiger partial charge is 0.460 e. The van der Waals surface area contributed by atoms with E-state index in [1.807, 2.05) is 0 Å². The first-order valence-electron chi connectivity index (χ1n) is 8.40. The van der Waals surface area contributed by atoms with Crippen LogP contribution < -0.4 is 16.4 Å². The summed E-state index contributed by atoms with van der Waals surface area (Å²) in [6, 6.07) is -1.73. The molecule has 5 N–H and O–H groups in total. The average Bonchev–Trinajstić information content (AvgIpc) is 2.53. The standard InChI is InChI=1S/C16H28Cl3N3O5/c1-9(22-13(25)11(23)15(2,3)4)12(24)21-7-5-6-10(20)14(26)27-8-16(17,18)19/h9-11,23H,5-8,20H2,1-4H3,(H,21,24)(H,22,25)/t9-,10-,11+/m0/s1. The molecule has 158 valence electrons. The Labute approximate surface area is 174 Å².